The zero-order chi connectivity index (χ0) is 18.6. The quantitative estimate of drug-likeness (QED) is 0.888. The third-order valence-electron chi connectivity index (χ3n) is 4.64. The molecule has 1 aromatic heterocycles. The maximum Gasteiger partial charge on any atom is 0.257 e. The van der Waals surface area contributed by atoms with Crippen molar-refractivity contribution in [3.05, 3.63) is 48.3 Å². The Morgan fingerprint density at radius 3 is 2.58 bits per heavy atom. The van der Waals surface area contributed by atoms with E-state index in [-0.39, 0.29) is 17.6 Å². The smallest absolute Gasteiger partial charge is 0.257 e. The molecule has 0 radical (unpaired) electrons. The molecule has 1 aliphatic rings. The number of carbonyl (C=O) groups excluding carboxylic acids is 1. The molecule has 1 fully saturated rings. The van der Waals surface area contributed by atoms with Gasteiger partial charge in [0.25, 0.3) is 5.91 Å². The highest BCUT2D eigenvalue weighted by Crippen LogP contribution is 2.28. The molecule has 2 aromatic rings. The van der Waals surface area contributed by atoms with Crippen molar-refractivity contribution >= 4 is 17.5 Å². The van der Waals surface area contributed by atoms with E-state index in [2.05, 4.69) is 29.1 Å². The Kier molecular flexibility index (Phi) is 5.52. The molecular formula is C20H26N4O2. The van der Waals surface area contributed by atoms with Crippen molar-refractivity contribution in [1.82, 2.24) is 14.9 Å². The molecule has 1 saturated heterocycles. The lowest BCUT2D eigenvalue weighted by Crippen LogP contribution is -2.48. The first kappa shape index (κ1) is 18.3. The molecule has 1 amide bonds. The number of hydrogen-bond acceptors (Lipinski definition) is 5. The lowest BCUT2D eigenvalue weighted by molar-refractivity contribution is -0.0777. The van der Waals surface area contributed by atoms with Crippen LogP contribution in [0.25, 0.3) is 0 Å². The Balaban J connectivity index is 1.70. The first-order chi connectivity index (χ1) is 12.5. The Labute approximate surface area is 154 Å². The molecule has 1 aliphatic heterocycles. The third-order valence-corrected chi connectivity index (χ3v) is 4.64. The van der Waals surface area contributed by atoms with Crippen LogP contribution in [-0.4, -0.2) is 45.6 Å². The summed E-state index contributed by atoms with van der Waals surface area (Å²) in [5.41, 5.74) is 1.22. The number of benzene rings is 1. The fourth-order valence-corrected chi connectivity index (χ4v) is 3.35. The monoisotopic (exact) mass is 354 g/mol. The highest BCUT2D eigenvalue weighted by Gasteiger charge is 2.34. The van der Waals surface area contributed by atoms with Gasteiger partial charge >= 0.3 is 0 Å². The standard InChI is InChI=1S/C20H26N4O2/c1-4-24(17-10-11-26-20(2,3)12-17)18(25)15-13-21-19(22-14-15)23-16-8-6-5-7-9-16/h5-9,13-14,17H,4,10-12H2,1-3H3,(H,21,22,23)/t17-/m0/s1. The van der Waals surface area contributed by atoms with Gasteiger partial charge in [-0.2, -0.15) is 0 Å². The fourth-order valence-electron chi connectivity index (χ4n) is 3.35. The summed E-state index contributed by atoms with van der Waals surface area (Å²) in [5.74, 6) is 0.449. The van der Waals surface area contributed by atoms with Crippen molar-refractivity contribution < 1.29 is 9.53 Å². The summed E-state index contributed by atoms with van der Waals surface area (Å²) >= 11 is 0. The van der Waals surface area contributed by atoms with Crippen molar-refractivity contribution in [2.75, 3.05) is 18.5 Å². The largest absolute Gasteiger partial charge is 0.375 e. The minimum absolute atomic E-state index is 0.0264. The van der Waals surface area contributed by atoms with Gasteiger partial charge in [-0.15, -0.1) is 0 Å². The van der Waals surface area contributed by atoms with Crippen LogP contribution in [-0.2, 0) is 4.74 Å². The van der Waals surface area contributed by atoms with Gasteiger partial charge in [0.1, 0.15) is 0 Å². The Morgan fingerprint density at radius 2 is 1.96 bits per heavy atom. The molecule has 0 aliphatic carbocycles. The second kappa shape index (κ2) is 7.83. The van der Waals surface area contributed by atoms with Gasteiger partial charge in [-0.3, -0.25) is 4.79 Å². The van der Waals surface area contributed by atoms with Crippen LogP contribution in [0.3, 0.4) is 0 Å². The number of amides is 1. The maximum absolute atomic E-state index is 12.9. The van der Waals surface area contributed by atoms with Crippen molar-refractivity contribution in [3.8, 4) is 0 Å². The average Bonchev–Trinajstić information content (AvgIpc) is 2.63. The van der Waals surface area contributed by atoms with E-state index in [1.54, 1.807) is 12.4 Å². The SMILES string of the molecule is CCN(C(=O)c1cnc(Nc2ccccc2)nc1)[C@H]1CCOC(C)(C)C1. The van der Waals surface area contributed by atoms with Crippen molar-refractivity contribution in [2.45, 2.75) is 45.3 Å². The number of rotatable bonds is 5. The maximum atomic E-state index is 12.9. The molecule has 6 heteroatoms. The van der Waals surface area contributed by atoms with Crippen molar-refractivity contribution in [1.29, 1.82) is 0 Å². The summed E-state index contributed by atoms with van der Waals surface area (Å²) in [6, 6.07) is 9.88. The molecule has 0 saturated carbocycles. The van der Waals surface area contributed by atoms with Gasteiger partial charge < -0.3 is 15.0 Å². The molecule has 138 valence electrons. The molecule has 1 atom stereocenters. The van der Waals surface area contributed by atoms with Crippen LogP contribution in [0.4, 0.5) is 11.6 Å². The van der Waals surface area contributed by atoms with Crippen LogP contribution in [0, 0.1) is 0 Å². The van der Waals surface area contributed by atoms with E-state index in [0.717, 1.165) is 18.5 Å². The summed E-state index contributed by atoms with van der Waals surface area (Å²) in [5, 5.41) is 3.12. The summed E-state index contributed by atoms with van der Waals surface area (Å²) in [6.07, 6.45) is 4.88. The third kappa shape index (κ3) is 4.38. The Morgan fingerprint density at radius 1 is 1.27 bits per heavy atom. The van der Waals surface area contributed by atoms with Crippen LogP contribution >= 0.6 is 0 Å². The molecule has 2 heterocycles. The average molecular weight is 354 g/mol. The summed E-state index contributed by atoms with van der Waals surface area (Å²) in [6.45, 7) is 7.49. The van der Waals surface area contributed by atoms with E-state index in [4.69, 9.17) is 4.74 Å². The molecular weight excluding hydrogens is 328 g/mol. The molecule has 3 rings (SSSR count). The minimum Gasteiger partial charge on any atom is -0.375 e. The first-order valence-electron chi connectivity index (χ1n) is 9.07. The van der Waals surface area contributed by atoms with Gasteiger partial charge in [0, 0.05) is 37.3 Å². The number of carbonyl (C=O) groups is 1. The molecule has 1 aromatic carbocycles. The van der Waals surface area contributed by atoms with Crippen LogP contribution < -0.4 is 5.32 Å². The minimum atomic E-state index is -0.198. The molecule has 0 unspecified atom stereocenters. The number of anilines is 2. The molecule has 6 nitrogen and oxygen atoms in total. The highest BCUT2D eigenvalue weighted by molar-refractivity contribution is 5.94. The summed E-state index contributed by atoms with van der Waals surface area (Å²) < 4.78 is 5.78. The first-order valence-corrected chi connectivity index (χ1v) is 9.07. The summed E-state index contributed by atoms with van der Waals surface area (Å²) in [4.78, 5) is 23.4. The van der Waals surface area contributed by atoms with Gasteiger partial charge in [0.15, 0.2) is 0 Å². The number of hydrogen-bond donors (Lipinski definition) is 1. The number of nitrogens with one attached hydrogen (secondary N) is 1. The number of ether oxygens (including phenoxy) is 1. The van der Waals surface area contributed by atoms with Crippen LogP contribution in [0.2, 0.25) is 0 Å². The van der Waals surface area contributed by atoms with E-state index in [1.165, 1.54) is 0 Å². The Hall–Kier alpha value is -2.47. The zero-order valence-electron chi connectivity index (χ0n) is 15.6. The number of nitrogens with zero attached hydrogens (tertiary/aromatic N) is 3. The normalized spacial score (nSPS) is 19.0. The van der Waals surface area contributed by atoms with Crippen molar-refractivity contribution in [2.24, 2.45) is 0 Å². The van der Waals surface area contributed by atoms with Gasteiger partial charge in [0.05, 0.1) is 11.2 Å². The Bertz CT molecular complexity index is 731. The lowest BCUT2D eigenvalue weighted by atomic mass is 9.92. The van der Waals surface area contributed by atoms with E-state index < -0.39 is 0 Å². The second-order valence-electron chi connectivity index (χ2n) is 7.13. The van der Waals surface area contributed by atoms with Gasteiger partial charge in [0.2, 0.25) is 5.95 Å². The zero-order valence-corrected chi connectivity index (χ0v) is 15.6. The van der Waals surface area contributed by atoms with E-state index >= 15 is 0 Å². The summed E-state index contributed by atoms with van der Waals surface area (Å²) in [7, 11) is 0. The topological polar surface area (TPSA) is 67.4 Å². The molecule has 0 spiro atoms. The van der Waals surface area contributed by atoms with Gasteiger partial charge in [-0.25, -0.2) is 9.97 Å². The number of aromatic nitrogens is 2. The van der Waals surface area contributed by atoms with Gasteiger partial charge in [-0.1, -0.05) is 18.2 Å². The van der Waals surface area contributed by atoms with Crippen LogP contribution in [0.5, 0.6) is 0 Å². The van der Waals surface area contributed by atoms with E-state index in [1.807, 2.05) is 42.2 Å². The highest BCUT2D eigenvalue weighted by atomic mass is 16.5. The van der Waals surface area contributed by atoms with Crippen molar-refractivity contribution in [3.63, 3.8) is 0 Å². The fraction of sp³-hybridized carbons (Fsp3) is 0.450. The molecule has 0 bridgehead atoms. The van der Waals surface area contributed by atoms with Crippen LogP contribution in [0.1, 0.15) is 44.0 Å². The molecule has 1 N–H and O–H groups in total. The predicted molar refractivity (Wildman–Crippen MR) is 102 cm³/mol. The second-order valence-corrected chi connectivity index (χ2v) is 7.13. The number of para-hydroxylation sites is 1. The molecule has 26 heavy (non-hydrogen) atoms. The van der Waals surface area contributed by atoms with Crippen LogP contribution in [0.15, 0.2) is 42.7 Å². The lowest BCUT2D eigenvalue weighted by Gasteiger charge is -2.41. The van der Waals surface area contributed by atoms with E-state index in [9.17, 15) is 4.79 Å². The van der Waals surface area contributed by atoms with Gasteiger partial charge in [-0.05, 0) is 45.7 Å². The predicted octanol–water partition coefficient (Wildman–Crippen LogP) is 3.64. The van der Waals surface area contributed by atoms with E-state index in [0.29, 0.717) is 24.7 Å².